The number of pyridine rings is 1. The number of hydrogen-bond donors (Lipinski definition) is 1. The van der Waals surface area contributed by atoms with Crippen LogP contribution in [0.5, 0.6) is 0 Å². The van der Waals surface area contributed by atoms with Gasteiger partial charge in [-0.1, -0.05) is 49.2 Å². The Kier molecular flexibility index (Phi) is 5.58. The standard InChI is InChI=1S/C22H25N5/c1-2-9-15-27(14-8-1)22-25-20(18-10-4-3-5-11-18)16-21(26-22)24-17-19-12-6-7-13-23-19/h3-7,10-13,16H,1-2,8-9,14-15,17H2,(H,24,25,26). The molecule has 27 heavy (non-hydrogen) atoms. The first kappa shape index (κ1) is 17.5. The molecule has 1 aliphatic rings. The van der Waals surface area contributed by atoms with Crippen LogP contribution < -0.4 is 10.2 Å². The zero-order valence-electron chi connectivity index (χ0n) is 15.5. The molecule has 0 bridgehead atoms. The zero-order valence-corrected chi connectivity index (χ0v) is 15.5. The largest absolute Gasteiger partial charge is 0.364 e. The average molecular weight is 359 g/mol. The third-order valence-corrected chi connectivity index (χ3v) is 4.85. The van der Waals surface area contributed by atoms with E-state index in [4.69, 9.17) is 9.97 Å². The van der Waals surface area contributed by atoms with E-state index >= 15 is 0 Å². The molecular weight excluding hydrogens is 334 g/mol. The number of aromatic nitrogens is 3. The summed E-state index contributed by atoms with van der Waals surface area (Å²) in [6, 6.07) is 18.3. The van der Waals surface area contributed by atoms with Gasteiger partial charge >= 0.3 is 0 Å². The smallest absolute Gasteiger partial charge is 0.227 e. The first-order valence-electron chi connectivity index (χ1n) is 9.72. The summed E-state index contributed by atoms with van der Waals surface area (Å²) < 4.78 is 0. The molecule has 0 atom stereocenters. The Hall–Kier alpha value is -2.95. The van der Waals surface area contributed by atoms with Crippen LogP contribution in [0, 0.1) is 0 Å². The minimum absolute atomic E-state index is 0.644. The highest BCUT2D eigenvalue weighted by Crippen LogP contribution is 2.24. The summed E-state index contributed by atoms with van der Waals surface area (Å²) in [6.45, 7) is 2.70. The molecule has 1 fully saturated rings. The number of rotatable bonds is 5. The molecule has 0 radical (unpaired) electrons. The maximum absolute atomic E-state index is 4.88. The van der Waals surface area contributed by atoms with Gasteiger partial charge in [0, 0.05) is 30.9 Å². The lowest BCUT2D eigenvalue weighted by Gasteiger charge is -2.21. The normalized spacial score (nSPS) is 14.6. The Morgan fingerprint density at radius 2 is 1.63 bits per heavy atom. The van der Waals surface area contributed by atoms with E-state index in [1.165, 1.54) is 25.7 Å². The van der Waals surface area contributed by atoms with Crippen molar-refractivity contribution in [2.24, 2.45) is 0 Å². The summed E-state index contributed by atoms with van der Waals surface area (Å²) in [5, 5.41) is 3.43. The van der Waals surface area contributed by atoms with Gasteiger partial charge in [-0.05, 0) is 25.0 Å². The quantitative estimate of drug-likeness (QED) is 0.725. The van der Waals surface area contributed by atoms with Gasteiger partial charge in [-0.3, -0.25) is 4.98 Å². The number of nitrogens with zero attached hydrogens (tertiary/aromatic N) is 4. The highest BCUT2D eigenvalue weighted by Gasteiger charge is 2.15. The summed E-state index contributed by atoms with van der Waals surface area (Å²) >= 11 is 0. The van der Waals surface area contributed by atoms with Crippen molar-refractivity contribution in [1.82, 2.24) is 15.0 Å². The molecule has 1 aliphatic heterocycles. The molecule has 0 aliphatic carbocycles. The molecule has 3 heterocycles. The van der Waals surface area contributed by atoms with Crippen LogP contribution in [0.15, 0.2) is 60.8 Å². The molecule has 3 aromatic rings. The predicted molar refractivity (Wildman–Crippen MR) is 110 cm³/mol. The van der Waals surface area contributed by atoms with Gasteiger partial charge in [0.15, 0.2) is 0 Å². The molecule has 2 aromatic heterocycles. The second-order valence-electron chi connectivity index (χ2n) is 6.88. The number of nitrogens with one attached hydrogen (secondary N) is 1. The van der Waals surface area contributed by atoms with E-state index in [0.29, 0.717) is 6.54 Å². The van der Waals surface area contributed by atoms with Gasteiger partial charge in [0.2, 0.25) is 5.95 Å². The summed E-state index contributed by atoms with van der Waals surface area (Å²) in [5.74, 6) is 1.66. The zero-order chi connectivity index (χ0) is 18.3. The van der Waals surface area contributed by atoms with Gasteiger partial charge in [0.25, 0.3) is 0 Å². The van der Waals surface area contributed by atoms with Gasteiger partial charge in [0.1, 0.15) is 5.82 Å². The van der Waals surface area contributed by atoms with Crippen LogP contribution in [0.25, 0.3) is 11.3 Å². The minimum Gasteiger partial charge on any atom is -0.364 e. The van der Waals surface area contributed by atoms with E-state index in [-0.39, 0.29) is 0 Å². The van der Waals surface area contributed by atoms with Crippen molar-refractivity contribution in [3.8, 4) is 11.3 Å². The topological polar surface area (TPSA) is 53.9 Å². The molecule has 0 saturated carbocycles. The van der Waals surface area contributed by atoms with Crippen molar-refractivity contribution < 1.29 is 0 Å². The Balaban J connectivity index is 1.63. The second-order valence-corrected chi connectivity index (χ2v) is 6.88. The molecule has 0 unspecified atom stereocenters. The van der Waals surface area contributed by atoms with Crippen LogP contribution in [0.1, 0.15) is 31.4 Å². The summed E-state index contributed by atoms with van der Waals surface area (Å²) in [6.07, 6.45) is 6.81. The van der Waals surface area contributed by atoms with Crippen molar-refractivity contribution in [2.45, 2.75) is 32.2 Å². The monoisotopic (exact) mass is 359 g/mol. The van der Waals surface area contributed by atoms with Crippen LogP contribution in [-0.2, 0) is 6.54 Å². The van der Waals surface area contributed by atoms with Gasteiger partial charge in [-0.25, -0.2) is 4.98 Å². The lowest BCUT2D eigenvalue weighted by Crippen LogP contribution is -2.26. The van der Waals surface area contributed by atoms with Crippen molar-refractivity contribution in [3.63, 3.8) is 0 Å². The van der Waals surface area contributed by atoms with Gasteiger partial charge in [-0.2, -0.15) is 4.98 Å². The van der Waals surface area contributed by atoms with Crippen LogP contribution in [0.4, 0.5) is 11.8 Å². The fourth-order valence-electron chi connectivity index (χ4n) is 3.38. The number of anilines is 2. The Labute approximate surface area is 160 Å². The molecule has 0 spiro atoms. The summed E-state index contributed by atoms with van der Waals surface area (Å²) in [7, 11) is 0. The van der Waals surface area contributed by atoms with Crippen LogP contribution in [0.2, 0.25) is 0 Å². The van der Waals surface area contributed by atoms with Gasteiger partial charge < -0.3 is 10.2 Å². The van der Waals surface area contributed by atoms with Crippen molar-refractivity contribution in [1.29, 1.82) is 0 Å². The van der Waals surface area contributed by atoms with E-state index in [2.05, 4.69) is 27.3 Å². The third-order valence-electron chi connectivity index (χ3n) is 4.85. The van der Waals surface area contributed by atoms with E-state index in [1.807, 2.05) is 48.7 Å². The lowest BCUT2D eigenvalue weighted by molar-refractivity contribution is 0.726. The SMILES string of the molecule is c1ccc(-c2cc(NCc3ccccn3)nc(N3CCCCCC3)n2)cc1. The van der Waals surface area contributed by atoms with Crippen LogP contribution in [0.3, 0.4) is 0 Å². The average Bonchev–Trinajstić information content (AvgIpc) is 3.03. The van der Waals surface area contributed by atoms with Gasteiger partial charge in [0.05, 0.1) is 17.9 Å². The predicted octanol–water partition coefficient (Wildman–Crippen LogP) is 4.53. The number of hydrogen-bond acceptors (Lipinski definition) is 5. The van der Waals surface area contributed by atoms with Gasteiger partial charge in [-0.15, -0.1) is 0 Å². The molecule has 5 heteroatoms. The maximum atomic E-state index is 4.88. The number of benzene rings is 1. The molecular formula is C22H25N5. The summed E-state index contributed by atoms with van der Waals surface area (Å²) in [5.41, 5.74) is 3.05. The lowest BCUT2D eigenvalue weighted by atomic mass is 10.1. The van der Waals surface area contributed by atoms with Crippen LogP contribution >= 0.6 is 0 Å². The molecule has 1 saturated heterocycles. The fourth-order valence-corrected chi connectivity index (χ4v) is 3.38. The van der Waals surface area contributed by atoms with E-state index in [1.54, 1.807) is 0 Å². The fraction of sp³-hybridized carbons (Fsp3) is 0.318. The molecule has 0 amide bonds. The van der Waals surface area contributed by atoms with E-state index < -0.39 is 0 Å². The second kappa shape index (κ2) is 8.62. The highest BCUT2D eigenvalue weighted by atomic mass is 15.3. The van der Waals surface area contributed by atoms with E-state index in [0.717, 1.165) is 41.8 Å². The van der Waals surface area contributed by atoms with Crippen LogP contribution in [-0.4, -0.2) is 28.0 Å². The maximum Gasteiger partial charge on any atom is 0.227 e. The Morgan fingerprint density at radius 3 is 2.37 bits per heavy atom. The molecule has 1 N–H and O–H groups in total. The molecule has 138 valence electrons. The molecule has 4 rings (SSSR count). The first-order valence-corrected chi connectivity index (χ1v) is 9.72. The van der Waals surface area contributed by atoms with Crippen molar-refractivity contribution in [2.75, 3.05) is 23.3 Å². The molecule has 1 aromatic carbocycles. The minimum atomic E-state index is 0.644. The third kappa shape index (κ3) is 4.61. The Bertz CT molecular complexity index is 843. The molecule has 5 nitrogen and oxygen atoms in total. The van der Waals surface area contributed by atoms with E-state index in [9.17, 15) is 0 Å². The van der Waals surface area contributed by atoms with Crippen molar-refractivity contribution in [3.05, 3.63) is 66.5 Å². The summed E-state index contributed by atoms with van der Waals surface area (Å²) in [4.78, 5) is 16.4. The Morgan fingerprint density at radius 1 is 0.852 bits per heavy atom. The first-order chi connectivity index (χ1) is 13.4. The highest BCUT2D eigenvalue weighted by molar-refractivity contribution is 5.64. The van der Waals surface area contributed by atoms with Crippen molar-refractivity contribution >= 4 is 11.8 Å².